The number of carboxylic acid groups (broad SMARTS) is 1. The number of aromatic nitrogens is 1. The third-order valence-electron chi connectivity index (χ3n) is 4.15. The molecule has 0 aliphatic heterocycles. The second kappa shape index (κ2) is 4.35. The van der Waals surface area contributed by atoms with Gasteiger partial charge in [-0.2, -0.15) is 0 Å². The largest absolute Gasteiger partial charge is 0.550 e. The Morgan fingerprint density at radius 2 is 2.06 bits per heavy atom. The van der Waals surface area contributed by atoms with Gasteiger partial charge in [0.2, 0.25) is 5.91 Å². The van der Waals surface area contributed by atoms with Crippen LogP contribution in [-0.2, 0) is 9.59 Å². The average molecular weight is 265 g/mol. The highest BCUT2D eigenvalue weighted by atomic mass is 32.1. The Bertz CT molecular complexity index is 474. The van der Waals surface area contributed by atoms with Gasteiger partial charge in [-0.05, 0) is 31.1 Å². The molecule has 96 valence electrons. The molecule has 2 saturated carbocycles. The Labute approximate surface area is 108 Å². The van der Waals surface area contributed by atoms with Crippen LogP contribution in [0.15, 0.2) is 11.6 Å². The van der Waals surface area contributed by atoms with Crippen molar-refractivity contribution in [3.63, 3.8) is 0 Å². The lowest BCUT2D eigenvalue weighted by Crippen LogP contribution is -2.43. The zero-order chi connectivity index (χ0) is 12.7. The van der Waals surface area contributed by atoms with Crippen molar-refractivity contribution < 1.29 is 14.7 Å². The van der Waals surface area contributed by atoms with Crippen molar-refractivity contribution in [1.82, 2.24) is 4.98 Å². The van der Waals surface area contributed by atoms with E-state index in [0.717, 1.165) is 19.3 Å². The molecule has 1 N–H and O–H groups in total. The highest BCUT2D eigenvalue weighted by molar-refractivity contribution is 7.13. The minimum Gasteiger partial charge on any atom is -0.550 e. The number of carbonyl (C=O) groups is 2. The first-order valence-electron chi connectivity index (χ1n) is 6.08. The highest BCUT2D eigenvalue weighted by Gasteiger charge is 2.51. The summed E-state index contributed by atoms with van der Waals surface area (Å²) in [6, 6.07) is 0. The topological polar surface area (TPSA) is 82.1 Å². The molecule has 2 aliphatic carbocycles. The second-order valence-corrected chi connectivity index (χ2v) is 5.92. The number of fused-ring (bicyclic) bond motifs is 2. The molecule has 2 aliphatic rings. The number of nitrogens with zero attached hydrogens (tertiary/aromatic N) is 1. The lowest BCUT2D eigenvalue weighted by molar-refractivity contribution is -0.314. The zero-order valence-corrected chi connectivity index (χ0v) is 10.5. The SMILES string of the molecule is O=C([O-])[C@@H]1[C@@H]2CC[C@H](C2)[C@H]1C(=O)Nc1nccs1. The maximum atomic E-state index is 12.2. The molecule has 0 unspecified atom stereocenters. The maximum Gasteiger partial charge on any atom is 0.230 e. The smallest absolute Gasteiger partial charge is 0.230 e. The van der Waals surface area contributed by atoms with Gasteiger partial charge < -0.3 is 15.2 Å². The van der Waals surface area contributed by atoms with Gasteiger partial charge in [-0.3, -0.25) is 4.79 Å². The predicted molar refractivity (Wildman–Crippen MR) is 63.6 cm³/mol. The maximum absolute atomic E-state index is 12.2. The molecular formula is C12H13N2O3S-. The summed E-state index contributed by atoms with van der Waals surface area (Å²) in [6.45, 7) is 0. The van der Waals surface area contributed by atoms with Gasteiger partial charge in [0, 0.05) is 29.4 Å². The van der Waals surface area contributed by atoms with E-state index in [1.54, 1.807) is 11.6 Å². The van der Waals surface area contributed by atoms with Gasteiger partial charge in [-0.1, -0.05) is 0 Å². The van der Waals surface area contributed by atoms with Crippen molar-refractivity contribution in [3.05, 3.63) is 11.6 Å². The molecule has 0 radical (unpaired) electrons. The number of anilines is 1. The molecule has 1 amide bonds. The molecule has 6 heteroatoms. The van der Waals surface area contributed by atoms with Gasteiger partial charge in [0.05, 0.1) is 0 Å². The van der Waals surface area contributed by atoms with Crippen LogP contribution in [0.25, 0.3) is 0 Å². The van der Waals surface area contributed by atoms with Crippen LogP contribution >= 0.6 is 11.3 Å². The number of aliphatic carboxylic acids is 1. The number of carboxylic acids is 1. The molecule has 0 aromatic carbocycles. The van der Waals surface area contributed by atoms with Gasteiger partial charge in [0.25, 0.3) is 0 Å². The van der Waals surface area contributed by atoms with Crippen molar-refractivity contribution in [2.24, 2.45) is 23.7 Å². The summed E-state index contributed by atoms with van der Waals surface area (Å²) in [5.74, 6) is -2.06. The fourth-order valence-electron chi connectivity index (χ4n) is 3.48. The van der Waals surface area contributed by atoms with Crippen LogP contribution < -0.4 is 10.4 Å². The van der Waals surface area contributed by atoms with Gasteiger partial charge in [0.1, 0.15) is 0 Å². The van der Waals surface area contributed by atoms with E-state index in [4.69, 9.17) is 0 Å². The fourth-order valence-corrected chi connectivity index (χ4v) is 4.01. The number of rotatable bonds is 3. The van der Waals surface area contributed by atoms with Crippen molar-refractivity contribution in [1.29, 1.82) is 0 Å². The van der Waals surface area contributed by atoms with Crippen LogP contribution in [0, 0.1) is 23.7 Å². The third-order valence-corrected chi connectivity index (χ3v) is 4.84. The van der Waals surface area contributed by atoms with Crippen molar-refractivity contribution >= 4 is 28.3 Å². The monoisotopic (exact) mass is 265 g/mol. The first-order valence-corrected chi connectivity index (χ1v) is 6.96. The third kappa shape index (κ3) is 1.80. The minimum atomic E-state index is -1.08. The Morgan fingerprint density at radius 3 is 2.67 bits per heavy atom. The minimum absolute atomic E-state index is 0.118. The molecular weight excluding hydrogens is 252 g/mol. The molecule has 1 heterocycles. The second-order valence-electron chi connectivity index (χ2n) is 5.03. The van der Waals surface area contributed by atoms with Crippen molar-refractivity contribution in [2.75, 3.05) is 5.32 Å². The summed E-state index contributed by atoms with van der Waals surface area (Å²) >= 11 is 1.33. The Balaban J connectivity index is 1.78. The van der Waals surface area contributed by atoms with Crippen LogP contribution in [0.4, 0.5) is 5.13 Å². The van der Waals surface area contributed by atoms with Gasteiger partial charge in [0.15, 0.2) is 5.13 Å². The zero-order valence-electron chi connectivity index (χ0n) is 9.67. The lowest BCUT2D eigenvalue weighted by atomic mass is 9.79. The molecule has 1 aromatic heterocycles. The number of carbonyl (C=O) groups excluding carboxylic acids is 2. The summed E-state index contributed by atoms with van der Waals surface area (Å²) in [6.07, 6.45) is 4.31. The van der Waals surface area contributed by atoms with Crippen molar-refractivity contribution in [2.45, 2.75) is 19.3 Å². The Kier molecular flexibility index (Phi) is 2.81. The standard InChI is InChI=1S/C12H14N2O3S/c15-10(14-12-13-3-4-18-12)8-6-1-2-7(5-6)9(8)11(16)17/h3-4,6-9H,1-2,5H2,(H,16,17)(H,13,14,15)/p-1/t6-,7-,8-,9-/m1/s1. The quantitative estimate of drug-likeness (QED) is 0.862. The number of hydrogen-bond acceptors (Lipinski definition) is 5. The lowest BCUT2D eigenvalue weighted by Gasteiger charge is -2.30. The molecule has 2 bridgehead atoms. The van der Waals surface area contributed by atoms with Gasteiger partial charge in [-0.15, -0.1) is 11.3 Å². The molecule has 1 aromatic rings. The summed E-state index contributed by atoms with van der Waals surface area (Å²) in [5.41, 5.74) is 0. The summed E-state index contributed by atoms with van der Waals surface area (Å²) in [7, 11) is 0. The van der Waals surface area contributed by atoms with Gasteiger partial charge in [-0.25, -0.2) is 4.98 Å². The van der Waals surface area contributed by atoms with Crippen LogP contribution in [0.2, 0.25) is 0 Å². The molecule has 0 spiro atoms. The molecule has 0 saturated heterocycles. The molecule has 2 fully saturated rings. The Hall–Kier alpha value is -1.43. The van der Waals surface area contributed by atoms with Crippen molar-refractivity contribution in [3.8, 4) is 0 Å². The summed E-state index contributed by atoms with van der Waals surface area (Å²) < 4.78 is 0. The van der Waals surface area contributed by atoms with Gasteiger partial charge >= 0.3 is 0 Å². The van der Waals surface area contributed by atoms with Crippen LogP contribution in [-0.4, -0.2) is 16.9 Å². The van der Waals surface area contributed by atoms with Crippen LogP contribution in [0.1, 0.15) is 19.3 Å². The molecule has 5 nitrogen and oxygen atoms in total. The normalized spacial score (nSPS) is 33.6. The van der Waals surface area contributed by atoms with Crippen LogP contribution in [0.3, 0.4) is 0 Å². The van der Waals surface area contributed by atoms with E-state index in [0.29, 0.717) is 5.13 Å². The number of hydrogen-bond donors (Lipinski definition) is 1. The highest BCUT2D eigenvalue weighted by Crippen LogP contribution is 2.52. The molecule has 3 rings (SSSR count). The first kappa shape index (κ1) is 11.6. The first-order chi connectivity index (χ1) is 8.66. The summed E-state index contributed by atoms with van der Waals surface area (Å²) in [5, 5.41) is 16.2. The van der Waals surface area contributed by atoms with E-state index >= 15 is 0 Å². The molecule has 4 atom stereocenters. The number of amides is 1. The average Bonchev–Trinajstić information content (AvgIpc) is 3.03. The van der Waals surface area contributed by atoms with Crippen LogP contribution in [0.5, 0.6) is 0 Å². The van der Waals surface area contributed by atoms with E-state index in [-0.39, 0.29) is 17.7 Å². The fraction of sp³-hybridized carbons (Fsp3) is 0.583. The predicted octanol–water partition coefficient (Wildman–Crippen LogP) is 0.494. The van der Waals surface area contributed by atoms with E-state index in [1.807, 2.05) is 0 Å². The number of nitrogens with one attached hydrogen (secondary N) is 1. The summed E-state index contributed by atoms with van der Waals surface area (Å²) in [4.78, 5) is 27.4. The Morgan fingerprint density at radius 1 is 1.33 bits per heavy atom. The van der Waals surface area contributed by atoms with E-state index in [2.05, 4.69) is 10.3 Å². The number of thiazole rings is 1. The molecule has 18 heavy (non-hydrogen) atoms. The van der Waals surface area contributed by atoms with E-state index < -0.39 is 17.8 Å². The van der Waals surface area contributed by atoms with E-state index in [1.165, 1.54) is 11.3 Å². The van der Waals surface area contributed by atoms with E-state index in [9.17, 15) is 14.7 Å².